The van der Waals surface area contributed by atoms with Crippen molar-refractivity contribution in [3.05, 3.63) is 35.9 Å². The Balaban J connectivity index is 2.36. The molecule has 0 atom stereocenters. The number of amides is 1. The van der Waals surface area contributed by atoms with Crippen molar-refractivity contribution in [2.24, 2.45) is 0 Å². The SMILES string of the molecule is CCc1cc(C(=O)N(C)c2ccncc2N)n(CC)n1. The van der Waals surface area contributed by atoms with Crippen molar-refractivity contribution < 1.29 is 4.79 Å². The third-order valence-electron chi connectivity index (χ3n) is 3.21. The summed E-state index contributed by atoms with van der Waals surface area (Å²) in [5.41, 5.74) is 8.46. The van der Waals surface area contributed by atoms with Gasteiger partial charge in [-0.1, -0.05) is 6.92 Å². The average molecular weight is 273 g/mol. The van der Waals surface area contributed by atoms with Gasteiger partial charge in [-0.3, -0.25) is 14.5 Å². The van der Waals surface area contributed by atoms with Gasteiger partial charge in [0.2, 0.25) is 0 Å². The summed E-state index contributed by atoms with van der Waals surface area (Å²) in [5.74, 6) is -0.128. The number of aryl methyl sites for hydroxylation is 2. The minimum atomic E-state index is -0.128. The van der Waals surface area contributed by atoms with E-state index < -0.39 is 0 Å². The van der Waals surface area contributed by atoms with Crippen LogP contribution in [0, 0.1) is 0 Å². The minimum absolute atomic E-state index is 0.128. The van der Waals surface area contributed by atoms with Crippen LogP contribution in [0.25, 0.3) is 0 Å². The van der Waals surface area contributed by atoms with E-state index in [1.165, 1.54) is 11.1 Å². The van der Waals surface area contributed by atoms with Crippen molar-refractivity contribution in [3.8, 4) is 0 Å². The number of aromatic nitrogens is 3. The fraction of sp³-hybridized carbons (Fsp3) is 0.357. The lowest BCUT2D eigenvalue weighted by Crippen LogP contribution is -2.29. The quantitative estimate of drug-likeness (QED) is 0.920. The van der Waals surface area contributed by atoms with E-state index in [1.54, 1.807) is 24.0 Å². The smallest absolute Gasteiger partial charge is 0.276 e. The maximum absolute atomic E-state index is 12.6. The van der Waals surface area contributed by atoms with Gasteiger partial charge in [-0.25, -0.2) is 0 Å². The molecule has 0 bridgehead atoms. The molecule has 0 radical (unpaired) electrons. The minimum Gasteiger partial charge on any atom is -0.396 e. The van der Waals surface area contributed by atoms with Crippen LogP contribution in [0.4, 0.5) is 11.4 Å². The predicted molar refractivity (Wildman–Crippen MR) is 78.7 cm³/mol. The van der Waals surface area contributed by atoms with E-state index >= 15 is 0 Å². The summed E-state index contributed by atoms with van der Waals surface area (Å²) in [5, 5.41) is 4.39. The van der Waals surface area contributed by atoms with Crippen LogP contribution in [0.1, 0.15) is 30.0 Å². The lowest BCUT2D eigenvalue weighted by Gasteiger charge is -2.19. The second kappa shape index (κ2) is 5.73. The third kappa shape index (κ3) is 2.49. The summed E-state index contributed by atoms with van der Waals surface area (Å²) in [6.45, 7) is 4.63. The number of nitrogens with zero attached hydrogens (tertiary/aromatic N) is 4. The summed E-state index contributed by atoms with van der Waals surface area (Å²) in [6, 6.07) is 3.56. The van der Waals surface area contributed by atoms with Crippen molar-refractivity contribution >= 4 is 17.3 Å². The zero-order valence-electron chi connectivity index (χ0n) is 12.0. The highest BCUT2D eigenvalue weighted by molar-refractivity contribution is 6.06. The zero-order chi connectivity index (χ0) is 14.7. The Morgan fingerprint density at radius 3 is 2.80 bits per heavy atom. The van der Waals surface area contributed by atoms with E-state index in [2.05, 4.69) is 10.1 Å². The number of nitrogens with two attached hydrogens (primary N) is 1. The number of rotatable bonds is 4. The average Bonchev–Trinajstić information content (AvgIpc) is 2.89. The molecule has 0 aliphatic heterocycles. The summed E-state index contributed by atoms with van der Waals surface area (Å²) >= 11 is 0. The largest absolute Gasteiger partial charge is 0.396 e. The highest BCUT2D eigenvalue weighted by Crippen LogP contribution is 2.22. The number of anilines is 2. The number of carbonyl (C=O) groups excluding carboxylic acids is 1. The van der Waals surface area contributed by atoms with Gasteiger partial charge in [0, 0.05) is 19.8 Å². The first kappa shape index (κ1) is 14.0. The molecular weight excluding hydrogens is 254 g/mol. The van der Waals surface area contributed by atoms with Gasteiger partial charge in [-0.2, -0.15) is 5.10 Å². The molecule has 20 heavy (non-hydrogen) atoms. The molecule has 0 unspecified atom stereocenters. The highest BCUT2D eigenvalue weighted by Gasteiger charge is 2.20. The molecule has 0 saturated heterocycles. The van der Waals surface area contributed by atoms with E-state index in [0.717, 1.165) is 12.1 Å². The second-order valence-electron chi connectivity index (χ2n) is 4.49. The van der Waals surface area contributed by atoms with E-state index in [1.807, 2.05) is 19.9 Å². The normalized spacial score (nSPS) is 10.6. The Kier molecular flexibility index (Phi) is 4.02. The standard InChI is InChI=1S/C14H19N5O/c1-4-10-8-13(19(5-2)17-10)14(20)18(3)12-6-7-16-9-11(12)15/h6-9H,4-5,15H2,1-3H3. The van der Waals surface area contributed by atoms with Crippen molar-refractivity contribution in [2.45, 2.75) is 26.8 Å². The highest BCUT2D eigenvalue weighted by atomic mass is 16.2. The van der Waals surface area contributed by atoms with Crippen molar-refractivity contribution in [1.82, 2.24) is 14.8 Å². The van der Waals surface area contributed by atoms with Gasteiger partial charge >= 0.3 is 0 Å². The molecule has 2 rings (SSSR count). The maximum atomic E-state index is 12.6. The molecule has 6 heteroatoms. The molecule has 1 amide bonds. The number of hydrogen-bond donors (Lipinski definition) is 1. The molecular formula is C14H19N5O. The van der Waals surface area contributed by atoms with Crippen LogP contribution in [-0.4, -0.2) is 27.7 Å². The van der Waals surface area contributed by atoms with Crippen LogP contribution >= 0.6 is 0 Å². The summed E-state index contributed by atoms with van der Waals surface area (Å²) in [6.07, 6.45) is 3.95. The first-order valence-electron chi connectivity index (χ1n) is 6.62. The molecule has 0 saturated carbocycles. The first-order valence-corrected chi connectivity index (χ1v) is 6.62. The van der Waals surface area contributed by atoms with Gasteiger partial charge in [0.25, 0.3) is 5.91 Å². The monoisotopic (exact) mass is 273 g/mol. The maximum Gasteiger partial charge on any atom is 0.276 e. The summed E-state index contributed by atoms with van der Waals surface area (Å²) in [7, 11) is 1.70. The number of hydrogen-bond acceptors (Lipinski definition) is 4. The van der Waals surface area contributed by atoms with Crippen LogP contribution in [0.2, 0.25) is 0 Å². The molecule has 0 spiro atoms. The topological polar surface area (TPSA) is 77.0 Å². The number of nitrogen functional groups attached to an aromatic ring is 1. The molecule has 2 heterocycles. The molecule has 0 fully saturated rings. The lowest BCUT2D eigenvalue weighted by atomic mass is 10.2. The van der Waals surface area contributed by atoms with Crippen LogP contribution in [0.15, 0.2) is 24.5 Å². The fourth-order valence-corrected chi connectivity index (χ4v) is 2.04. The predicted octanol–water partition coefficient (Wildman–Crippen LogP) is 1.72. The van der Waals surface area contributed by atoms with E-state index in [4.69, 9.17) is 5.73 Å². The summed E-state index contributed by atoms with van der Waals surface area (Å²) in [4.78, 5) is 18.1. The van der Waals surface area contributed by atoms with Gasteiger partial charge in [-0.15, -0.1) is 0 Å². The molecule has 0 aliphatic carbocycles. The van der Waals surface area contributed by atoms with E-state index in [9.17, 15) is 4.79 Å². The Bertz CT molecular complexity index is 620. The van der Waals surface area contributed by atoms with Gasteiger partial charge < -0.3 is 10.6 Å². The van der Waals surface area contributed by atoms with E-state index in [-0.39, 0.29) is 5.91 Å². The van der Waals surface area contributed by atoms with Crippen molar-refractivity contribution in [1.29, 1.82) is 0 Å². The van der Waals surface area contributed by atoms with Crippen molar-refractivity contribution in [2.75, 3.05) is 17.7 Å². The Morgan fingerprint density at radius 2 is 2.20 bits per heavy atom. The number of pyridine rings is 1. The van der Waals surface area contributed by atoms with Crippen LogP contribution in [-0.2, 0) is 13.0 Å². The van der Waals surface area contributed by atoms with Crippen LogP contribution in [0.5, 0.6) is 0 Å². The molecule has 2 aromatic rings. The lowest BCUT2D eigenvalue weighted by molar-refractivity contribution is 0.0983. The molecule has 106 valence electrons. The first-order chi connectivity index (χ1) is 9.58. The molecule has 2 aromatic heterocycles. The Morgan fingerprint density at radius 1 is 1.45 bits per heavy atom. The molecule has 2 N–H and O–H groups in total. The second-order valence-corrected chi connectivity index (χ2v) is 4.49. The van der Waals surface area contributed by atoms with Gasteiger partial charge in [0.1, 0.15) is 5.69 Å². The Hall–Kier alpha value is -2.37. The van der Waals surface area contributed by atoms with Gasteiger partial charge in [0.15, 0.2) is 0 Å². The van der Waals surface area contributed by atoms with Gasteiger partial charge in [-0.05, 0) is 25.5 Å². The van der Waals surface area contributed by atoms with Crippen LogP contribution < -0.4 is 10.6 Å². The number of carbonyl (C=O) groups is 1. The van der Waals surface area contributed by atoms with Gasteiger partial charge in [0.05, 0.1) is 23.3 Å². The third-order valence-corrected chi connectivity index (χ3v) is 3.21. The Labute approximate surface area is 118 Å². The molecule has 0 aliphatic rings. The van der Waals surface area contributed by atoms with E-state index in [0.29, 0.717) is 23.6 Å². The summed E-state index contributed by atoms with van der Waals surface area (Å²) < 4.78 is 1.72. The van der Waals surface area contributed by atoms with Crippen molar-refractivity contribution in [3.63, 3.8) is 0 Å². The fourth-order valence-electron chi connectivity index (χ4n) is 2.04. The zero-order valence-corrected chi connectivity index (χ0v) is 12.0. The van der Waals surface area contributed by atoms with Crippen LogP contribution in [0.3, 0.4) is 0 Å². The molecule has 0 aromatic carbocycles. The molecule has 6 nitrogen and oxygen atoms in total.